The first kappa shape index (κ1) is 23.2. The van der Waals surface area contributed by atoms with Crippen molar-refractivity contribution in [2.75, 3.05) is 0 Å². The fourth-order valence-electron chi connectivity index (χ4n) is 2.95. The Morgan fingerprint density at radius 1 is 1.10 bits per heavy atom. The van der Waals surface area contributed by atoms with Crippen molar-refractivity contribution in [1.29, 1.82) is 0 Å². The van der Waals surface area contributed by atoms with E-state index in [9.17, 15) is 13.2 Å². The molecule has 0 fully saturated rings. The topological polar surface area (TPSA) is 63.7 Å². The molecule has 0 saturated heterocycles. The van der Waals surface area contributed by atoms with E-state index in [1.165, 1.54) is 6.07 Å². The maximum atomic E-state index is 12.6. The number of halogens is 1. The minimum absolute atomic E-state index is 0.0313. The molecule has 158 valence electrons. The van der Waals surface area contributed by atoms with Crippen molar-refractivity contribution in [3.63, 3.8) is 0 Å². The zero-order valence-electron chi connectivity index (χ0n) is 17.5. The number of hydrogen-bond acceptors (Lipinski definition) is 4. The van der Waals surface area contributed by atoms with Crippen molar-refractivity contribution >= 4 is 27.6 Å². The molecule has 1 unspecified atom stereocenters. The monoisotopic (exact) mass is 437 g/mol. The van der Waals surface area contributed by atoms with E-state index < -0.39 is 10.1 Å². The lowest BCUT2D eigenvalue weighted by Crippen LogP contribution is -2.40. The van der Waals surface area contributed by atoms with Crippen molar-refractivity contribution in [1.82, 2.24) is 4.90 Å². The maximum absolute atomic E-state index is 12.6. The molecule has 2 aromatic rings. The molecule has 0 spiro atoms. The second-order valence-electron chi connectivity index (χ2n) is 7.45. The Labute approximate surface area is 178 Å². The van der Waals surface area contributed by atoms with Crippen LogP contribution in [-0.4, -0.2) is 25.3 Å². The molecule has 0 saturated carbocycles. The summed E-state index contributed by atoms with van der Waals surface area (Å²) in [6.45, 7) is 9.97. The van der Waals surface area contributed by atoms with Crippen LogP contribution in [0.5, 0.6) is 5.75 Å². The quantitative estimate of drug-likeness (QED) is 0.532. The van der Waals surface area contributed by atoms with Crippen molar-refractivity contribution in [3.05, 3.63) is 58.6 Å². The van der Waals surface area contributed by atoms with E-state index >= 15 is 0 Å². The van der Waals surface area contributed by atoms with Gasteiger partial charge in [0.15, 0.2) is 0 Å². The largest absolute Gasteiger partial charge is 0.379 e. The molecule has 29 heavy (non-hydrogen) atoms. The van der Waals surface area contributed by atoms with Crippen LogP contribution in [0.1, 0.15) is 45.2 Å². The summed E-state index contributed by atoms with van der Waals surface area (Å²) in [6, 6.07) is 11.7. The van der Waals surface area contributed by atoms with Gasteiger partial charge in [-0.05, 0) is 49.6 Å². The Hall–Kier alpha value is -2.05. The zero-order valence-corrected chi connectivity index (χ0v) is 19.0. The molecule has 7 heteroatoms. The van der Waals surface area contributed by atoms with Crippen LogP contribution < -0.4 is 4.18 Å². The molecule has 0 aromatic heterocycles. The molecule has 1 atom stereocenters. The highest BCUT2D eigenvalue weighted by Crippen LogP contribution is 2.28. The molecular formula is C22H28ClNO4S. The van der Waals surface area contributed by atoms with Gasteiger partial charge in [-0.3, -0.25) is 4.79 Å². The van der Waals surface area contributed by atoms with Gasteiger partial charge in [-0.2, -0.15) is 8.42 Å². The molecule has 0 heterocycles. The van der Waals surface area contributed by atoms with Crippen LogP contribution in [0.25, 0.3) is 0 Å². The summed E-state index contributed by atoms with van der Waals surface area (Å²) < 4.78 is 30.5. The van der Waals surface area contributed by atoms with Gasteiger partial charge in [0.25, 0.3) is 0 Å². The summed E-state index contributed by atoms with van der Waals surface area (Å²) in [4.78, 5) is 14.4. The lowest BCUT2D eigenvalue weighted by molar-refractivity contribution is -0.137. The van der Waals surface area contributed by atoms with Crippen LogP contribution in [0, 0.1) is 12.8 Å². The van der Waals surface area contributed by atoms with E-state index in [0.29, 0.717) is 12.1 Å². The van der Waals surface area contributed by atoms with Gasteiger partial charge in [0.2, 0.25) is 5.91 Å². The normalized spacial score (nSPS) is 12.7. The molecular weight excluding hydrogens is 410 g/mol. The summed E-state index contributed by atoms with van der Waals surface area (Å²) >= 11 is 6.06. The number of carbonyl (C=O) groups excluding carboxylic acids is 1. The van der Waals surface area contributed by atoms with E-state index in [1.807, 2.05) is 32.6 Å². The van der Waals surface area contributed by atoms with Gasteiger partial charge in [-0.15, -0.1) is 0 Å². The highest BCUT2D eigenvalue weighted by atomic mass is 35.5. The highest BCUT2D eigenvalue weighted by Gasteiger charge is 2.24. The zero-order chi connectivity index (χ0) is 21.8. The summed E-state index contributed by atoms with van der Waals surface area (Å²) in [6.07, 6.45) is 0.856. The highest BCUT2D eigenvalue weighted by molar-refractivity contribution is 7.87. The van der Waals surface area contributed by atoms with Crippen LogP contribution in [0.4, 0.5) is 0 Å². The summed E-state index contributed by atoms with van der Waals surface area (Å²) in [5.41, 5.74) is 1.42. The number of hydrogen-bond donors (Lipinski definition) is 0. The fourth-order valence-corrected chi connectivity index (χ4v) is 4.67. The van der Waals surface area contributed by atoms with Crippen LogP contribution >= 0.6 is 11.6 Å². The first-order valence-corrected chi connectivity index (χ1v) is 11.4. The Bertz CT molecular complexity index is 935. The number of nitrogens with zero attached hydrogens (tertiary/aromatic N) is 1. The second-order valence-corrected chi connectivity index (χ2v) is 9.34. The SMILES string of the molecule is CCC(C)N(Cc1ccc(OS(=O)(=O)c2c(C)cccc2Cl)cc1)C(=O)C(C)C. The van der Waals surface area contributed by atoms with Crippen molar-refractivity contribution in [2.45, 2.75) is 58.5 Å². The molecule has 0 aliphatic rings. The number of carbonyl (C=O) groups is 1. The van der Waals surface area contributed by atoms with Crippen molar-refractivity contribution in [2.24, 2.45) is 5.92 Å². The van der Waals surface area contributed by atoms with Crippen molar-refractivity contribution in [3.8, 4) is 5.75 Å². The molecule has 5 nitrogen and oxygen atoms in total. The molecule has 1 amide bonds. The third kappa shape index (κ3) is 5.73. The standard InChI is InChI=1S/C22H28ClNO4S/c1-6-17(5)24(22(25)15(2)3)14-18-10-12-19(13-11-18)28-29(26,27)21-16(4)8-7-9-20(21)23/h7-13,15,17H,6,14H2,1-5H3. The van der Waals surface area contributed by atoms with Crippen LogP contribution in [0.2, 0.25) is 5.02 Å². The third-order valence-electron chi connectivity index (χ3n) is 4.80. The average Bonchev–Trinajstić information content (AvgIpc) is 2.65. The van der Waals surface area contributed by atoms with Crippen molar-refractivity contribution < 1.29 is 17.4 Å². The van der Waals surface area contributed by atoms with Crippen LogP contribution in [0.15, 0.2) is 47.4 Å². The van der Waals surface area contributed by atoms with Gasteiger partial charge >= 0.3 is 10.1 Å². The molecule has 0 radical (unpaired) electrons. The van der Waals surface area contributed by atoms with Gasteiger partial charge in [-0.1, -0.05) is 56.6 Å². The molecule has 0 aliphatic heterocycles. The predicted octanol–water partition coefficient (Wildman–Crippen LogP) is 5.20. The van der Waals surface area contributed by atoms with Gasteiger partial charge in [-0.25, -0.2) is 0 Å². The first-order chi connectivity index (χ1) is 13.6. The summed E-state index contributed by atoms with van der Waals surface area (Å²) in [7, 11) is -4.05. The molecule has 2 aromatic carbocycles. The minimum atomic E-state index is -4.05. The fraction of sp³-hybridized carbons (Fsp3) is 0.409. The Kier molecular flexibility index (Phi) is 7.72. The van der Waals surface area contributed by atoms with E-state index in [2.05, 4.69) is 0 Å². The first-order valence-electron chi connectivity index (χ1n) is 9.65. The number of amides is 1. The summed E-state index contributed by atoms with van der Waals surface area (Å²) in [5, 5.41) is 0.123. The van der Waals surface area contributed by atoms with E-state index in [4.69, 9.17) is 15.8 Å². The lowest BCUT2D eigenvalue weighted by Gasteiger charge is -2.30. The van der Waals surface area contributed by atoms with Gasteiger partial charge in [0.1, 0.15) is 10.6 Å². The molecule has 0 bridgehead atoms. The van der Waals surface area contributed by atoms with Gasteiger partial charge < -0.3 is 9.08 Å². The minimum Gasteiger partial charge on any atom is -0.379 e. The molecule has 0 N–H and O–H groups in total. The number of rotatable bonds is 8. The van der Waals surface area contributed by atoms with Crippen LogP contribution in [-0.2, 0) is 21.5 Å². The second kappa shape index (κ2) is 9.63. The average molecular weight is 438 g/mol. The smallest absolute Gasteiger partial charge is 0.340 e. The predicted molar refractivity (Wildman–Crippen MR) is 116 cm³/mol. The van der Waals surface area contributed by atoms with Gasteiger partial charge in [0, 0.05) is 18.5 Å². The van der Waals surface area contributed by atoms with Crippen LogP contribution in [0.3, 0.4) is 0 Å². The third-order valence-corrected chi connectivity index (χ3v) is 6.68. The summed E-state index contributed by atoms with van der Waals surface area (Å²) in [5.74, 6) is 0.199. The maximum Gasteiger partial charge on any atom is 0.340 e. The molecule has 2 rings (SSSR count). The van der Waals surface area contributed by atoms with Gasteiger partial charge in [0.05, 0.1) is 5.02 Å². The Morgan fingerprint density at radius 3 is 2.24 bits per heavy atom. The lowest BCUT2D eigenvalue weighted by atomic mass is 10.1. The van der Waals surface area contributed by atoms with E-state index in [0.717, 1.165) is 12.0 Å². The number of aryl methyl sites for hydroxylation is 1. The number of benzene rings is 2. The Morgan fingerprint density at radius 2 is 1.72 bits per heavy atom. The molecule has 0 aliphatic carbocycles. The van der Waals surface area contributed by atoms with E-state index in [-0.39, 0.29) is 33.5 Å². The Balaban J connectivity index is 2.20. The van der Waals surface area contributed by atoms with E-state index in [1.54, 1.807) is 43.3 Å².